The molecule has 0 radical (unpaired) electrons. The lowest BCUT2D eigenvalue weighted by molar-refractivity contribution is 0.569. The maximum Gasteiger partial charge on any atom is 0.0934 e. The third-order valence-corrected chi connectivity index (χ3v) is 3.67. The highest BCUT2D eigenvalue weighted by molar-refractivity contribution is 7.19. The van der Waals surface area contributed by atoms with Crippen LogP contribution in [0.4, 0.5) is 0 Å². The van der Waals surface area contributed by atoms with Crippen molar-refractivity contribution in [3.63, 3.8) is 0 Å². The molecule has 0 atom stereocenters. The fraction of sp³-hybridized carbons (Fsp3) is 0.308. The minimum absolute atomic E-state index is 0.103. The Bertz CT molecular complexity index is 479. The van der Waals surface area contributed by atoms with E-state index in [1.807, 2.05) is 18.3 Å². The average Bonchev–Trinajstić information content (AvgIpc) is 2.64. The number of nitrogens with zero attached hydrogens (tertiary/aromatic N) is 1. The summed E-state index contributed by atoms with van der Waals surface area (Å²) in [6.45, 7) is 6.49. The van der Waals surface area contributed by atoms with E-state index in [1.165, 1.54) is 0 Å². The van der Waals surface area contributed by atoms with Gasteiger partial charge in [-0.3, -0.25) is 4.98 Å². The van der Waals surface area contributed by atoms with Gasteiger partial charge in [0.25, 0.3) is 0 Å². The molecular weight excluding hydrogens is 238 g/mol. The number of halogens is 1. The van der Waals surface area contributed by atoms with Crippen LogP contribution in [0.1, 0.15) is 26.5 Å². The van der Waals surface area contributed by atoms with Gasteiger partial charge >= 0.3 is 0 Å². The molecule has 1 nitrogen and oxygen atoms in total. The van der Waals surface area contributed by atoms with Gasteiger partial charge in [0.15, 0.2) is 0 Å². The zero-order chi connectivity index (χ0) is 11.8. The summed E-state index contributed by atoms with van der Waals surface area (Å²) in [4.78, 5) is 5.66. The van der Waals surface area contributed by atoms with Gasteiger partial charge in [0.05, 0.1) is 4.34 Å². The number of rotatable bonds is 1. The van der Waals surface area contributed by atoms with Crippen LogP contribution in [0.3, 0.4) is 0 Å². The van der Waals surface area contributed by atoms with Crippen molar-refractivity contribution in [1.29, 1.82) is 0 Å². The molecule has 2 rings (SSSR count). The molecule has 3 heteroatoms. The van der Waals surface area contributed by atoms with E-state index in [0.717, 1.165) is 20.5 Å². The lowest BCUT2D eigenvalue weighted by Crippen LogP contribution is -2.12. The molecular formula is C13H14ClNS. The molecule has 0 aromatic carbocycles. The molecule has 0 N–H and O–H groups in total. The molecule has 0 unspecified atom stereocenters. The quantitative estimate of drug-likeness (QED) is 0.712. The molecule has 0 spiro atoms. The molecule has 0 aliphatic rings. The molecule has 0 saturated carbocycles. The van der Waals surface area contributed by atoms with Crippen molar-refractivity contribution in [3.8, 4) is 10.4 Å². The van der Waals surface area contributed by atoms with Crippen LogP contribution in [-0.4, -0.2) is 4.98 Å². The van der Waals surface area contributed by atoms with Gasteiger partial charge in [-0.15, -0.1) is 11.3 Å². The number of aromatic nitrogens is 1. The summed E-state index contributed by atoms with van der Waals surface area (Å²) < 4.78 is 0.815. The molecule has 0 fully saturated rings. The molecule has 0 saturated heterocycles. The van der Waals surface area contributed by atoms with E-state index in [-0.39, 0.29) is 5.41 Å². The van der Waals surface area contributed by atoms with Gasteiger partial charge in [0, 0.05) is 27.7 Å². The Kier molecular flexibility index (Phi) is 3.04. The Morgan fingerprint density at radius 2 is 1.88 bits per heavy atom. The second-order valence-corrected chi connectivity index (χ2v) is 6.50. The van der Waals surface area contributed by atoms with E-state index < -0.39 is 0 Å². The molecule has 2 heterocycles. The summed E-state index contributed by atoms with van der Waals surface area (Å²) in [5.41, 5.74) is 2.34. The van der Waals surface area contributed by atoms with E-state index >= 15 is 0 Å². The second-order valence-electron chi connectivity index (χ2n) is 4.79. The van der Waals surface area contributed by atoms with E-state index in [1.54, 1.807) is 11.3 Å². The summed E-state index contributed by atoms with van der Waals surface area (Å²) in [5.74, 6) is 0. The summed E-state index contributed by atoms with van der Waals surface area (Å²) in [7, 11) is 0. The summed E-state index contributed by atoms with van der Waals surface area (Å²) in [6.07, 6.45) is 1.92. The normalized spacial score (nSPS) is 11.8. The van der Waals surface area contributed by atoms with Crippen LogP contribution >= 0.6 is 22.9 Å². The topological polar surface area (TPSA) is 12.9 Å². The standard InChI is InChI=1S/C13H14ClNS/c1-13(2,3)11-6-4-9(8-15-11)10-5-7-12(14)16-10/h4-8H,1-3H3. The highest BCUT2D eigenvalue weighted by atomic mass is 35.5. The van der Waals surface area contributed by atoms with Gasteiger partial charge in [0.2, 0.25) is 0 Å². The molecule has 84 valence electrons. The van der Waals surface area contributed by atoms with Gasteiger partial charge in [-0.25, -0.2) is 0 Å². The molecule has 0 aliphatic carbocycles. The van der Waals surface area contributed by atoms with Crippen molar-refractivity contribution in [3.05, 3.63) is 40.5 Å². The molecule has 2 aromatic rings. The number of thiophene rings is 1. The van der Waals surface area contributed by atoms with Crippen LogP contribution in [0.5, 0.6) is 0 Å². The van der Waals surface area contributed by atoms with Crippen molar-refractivity contribution >= 4 is 22.9 Å². The molecule has 2 aromatic heterocycles. The van der Waals surface area contributed by atoms with Gasteiger partial charge in [-0.2, -0.15) is 0 Å². The Balaban J connectivity index is 2.33. The fourth-order valence-corrected chi connectivity index (χ4v) is 2.49. The molecule has 0 amide bonds. The Labute approximate surface area is 105 Å². The minimum Gasteiger partial charge on any atom is -0.260 e. The lowest BCUT2D eigenvalue weighted by atomic mass is 9.91. The predicted octanol–water partition coefficient (Wildman–Crippen LogP) is 4.76. The summed E-state index contributed by atoms with van der Waals surface area (Å²) in [5, 5.41) is 0. The maximum atomic E-state index is 5.91. The highest BCUT2D eigenvalue weighted by Crippen LogP contribution is 2.31. The summed E-state index contributed by atoms with van der Waals surface area (Å²) >= 11 is 7.49. The second kappa shape index (κ2) is 4.19. The van der Waals surface area contributed by atoms with Gasteiger partial charge in [-0.05, 0) is 18.2 Å². The average molecular weight is 252 g/mol. The first-order chi connectivity index (χ1) is 7.47. The molecule has 16 heavy (non-hydrogen) atoms. The van der Waals surface area contributed by atoms with E-state index in [0.29, 0.717) is 0 Å². The number of hydrogen-bond acceptors (Lipinski definition) is 2. The number of pyridine rings is 1. The Hall–Kier alpha value is -0.860. The highest BCUT2D eigenvalue weighted by Gasteiger charge is 2.15. The molecule has 0 bridgehead atoms. The smallest absolute Gasteiger partial charge is 0.0934 e. The van der Waals surface area contributed by atoms with Gasteiger partial charge in [0.1, 0.15) is 0 Å². The van der Waals surface area contributed by atoms with Crippen LogP contribution in [0.2, 0.25) is 4.34 Å². The predicted molar refractivity (Wildman–Crippen MR) is 71.3 cm³/mol. The van der Waals surface area contributed by atoms with Gasteiger partial charge in [-0.1, -0.05) is 38.4 Å². The maximum absolute atomic E-state index is 5.91. The zero-order valence-electron chi connectivity index (χ0n) is 9.62. The summed E-state index contributed by atoms with van der Waals surface area (Å²) in [6, 6.07) is 8.14. The third-order valence-electron chi connectivity index (χ3n) is 2.39. The fourth-order valence-electron chi connectivity index (χ4n) is 1.45. The largest absolute Gasteiger partial charge is 0.260 e. The Morgan fingerprint density at radius 1 is 1.12 bits per heavy atom. The van der Waals surface area contributed by atoms with Crippen LogP contribution in [0, 0.1) is 0 Å². The number of hydrogen-bond donors (Lipinski definition) is 0. The first kappa shape index (κ1) is 11.6. The van der Waals surface area contributed by atoms with E-state index in [4.69, 9.17) is 11.6 Å². The Morgan fingerprint density at radius 3 is 2.31 bits per heavy atom. The van der Waals surface area contributed by atoms with Crippen LogP contribution in [0.15, 0.2) is 30.5 Å². The SMILES string of the molecule is CC(C)(C)c1ccc(-c2ccc(Cl)s2)cn1. The minimum atomic E-state index is 0.103. The van der Waals surface area contributed by atoms with Crippen molar-refractivity contribution in [2.45, 2.75) is 26.2 Å². The first-order valence-corrected chi connectivity index (χ1v) is 6.38. The third kappa shape index (κ3) is 2.45. The van der Waals surface area contributed by atoms with Crippen molar-refractivity contribution < 1.29 is 0 Å². The lowest BCUT2D eigenvalue weighted by Gasteiger charge is -2.17. The zero-order valence-corrected chi connectivity index (χ0v) is 11.2. The van der Waals surface area contributed by atoms with Crippen LogP contribution < -0.4 is 0 Å². The van der Waals surface area contributed by atoms with Gasteiger partial charge < -0.3 is 0 Å². The first-order valence-electron chi connectivity index (χ1n) is 5.19. The molecule has 0 aliphatic heterocycles. The monoisotopic (exact) mass is 251 g/mol. The van der Waals surface area contributed by atoms with E-state index in [9.17, 15) is 0 Å². The van der Waals surface area contributed by atoms with E-state index in [2.05, 4.69) is 37.9 Å². The van der Waals surface area contributed by atoms with Crippen molar-refractivity contribution in [1.82, 2.24) is 4.98 Å². The van der Waals surface area contributed by atoms with Crippen LogP contribution in [-0.2, 0) is 5.41 Å². The van der Waals surface area contributed by atoms with Crippen LogP contribution in [0.25, 0.3) is 10.4 Å². The van der Waals surface area contributed by atoms with Crippen molar-refractivity contribution in [2.24, 2.45) is 0 Å². The van der Waals surface area contributed by atoms with Crippen molar-refractivity contribution in [2.75, 3.05) is 0 Å².